The van der Waals surface area contributed by atoms with Gasteiger partial charge in [-0.1, -0.05) is 18.2 Å². The molecule has 0 fully saturated rings. The largest absolute Gasteiger partial charge is 0.454 e. The van der Waals surface area contributed by atoms with E-state index in [4.69, 9.17) is 14.2 Å². The van der Waals surface area contributed by atoms with Crippen molar-refractivity contribution in [1.82, 2.24) is 4.90 Å². The number of carbonyl (C=O) groups is 2. The maximum Gasteiger partial charge on any atom is 0.331 e. The minimum Gasteiger partial charge on any atom is -0.454 e. The second-order valence-electron chi connectivity index (χ2n) is 5.93. The SMILES string of the molecule is CN(Cc1cccc(F)c1)C(=O)COC(=O)/C=C/c1ccc2c(c1)OCO2. The summed E-state index contributed by atoms with van der Waals surface area (Å²) in [5, 5.41) is 0. The van der Waals surface area contributed by atoms with Crippen molar-refractivity contribution in [2.24, 2.45) is 0 Å². The van der Waals surface area contributed by atoms with E-state index >= 15 is 0 Å². The third kappa shape index (κ3) is 5.07. The molecule has 0 atom stereocenters. The molecule has 1 aliphatic heterocycles. The molecule has 0 radical (unpaired) electrons. The van der Waals surface area contributed by atoms with Gasteiger partial charge in [-0.3, -0.25) is 4.79 Å². The van der Waals surface area contributed by atoms with Crippen LogP contribution in [0.25, 0.3) is 6.08 Å². The van der Waals surface area contributed by atoms with Gasteiger partial charge in [-0.15, -0.1) is 0 Å². The summed E-state index contributed by atoms with van der Waals surface area (Å²) in [6.45, 7) is 0.00705. The van der Waals surface area contributed by atoms with E-state index in [0.717, 1.165) is 5.56 Å². The number of ether oxygens (including phenoxy) is 3. The monoisotopic (exact) mass is 371 g/mol. The Balaban J connectivity index is 1.47. The van der Waals surface area contributed by atoms with Crippen LogP contribution < -0.4 is 9.47 Å². The summed E-state index contributed by atoms with van der Waals surface area (Å²) in [7, 11) is 1.56. The number of benzene rings is 2. The zero-order valence-electron chi connectivity index (χ0n) is 14.7. The highest BCUT2D eigenvalue weighted by atomic mass is 19.1. The lowest BCUT2D eigenvalue weighted by molar-refractivity contribution is -0.147. The molecule has 1 aliphatic rings. The molecule has 7 heteroatoms. The highest BCUT2D eigenvalue weighted by Crippen LogP contribution is 2.32. The third-order valence-electron chi connectivity index (χ3n) is 3.88. The van der Waals surface area contributed by atoms with Crippen LogP contribution >= 0.6 is 0 Å². The maximum atomic E-state index is 13.2. The van der Waals surface area contributed by atoms with Gasteiger partial charge in [0, 0.05) is 19.7 Å². The molecule has 0 bridgehead atoms. The van der Waals surface area contributed by atoms with E-state index in [1.807, 2.05) is 0 Å². The van der Waals surface area contributed by atoms with Crippen LogP contribution in [0.3, 0.4) is 0 Å². The van der Waals surface area contributed by atoms with Crippen molar-refractivity contribution >= 4 is 18.0 Å². The van der Waals surface area contributed by atoms with E-state index in [2.05, 4.69) is 0 Å². The fourth-order valence-electron chi connectivity index (χ4n) is 2.47. The van der Waals surface area contributed by atoms with Crippen LogP contribution in [0.4, 0.5) is 4.39 Å². The third-order valence-corrected chi connectivity index (χ3v) is 3.88. The van der Waals surface area contributed by atoms with Gasteiger partial charge in [-0.2, -0.15) is 0 Å². The zero-order valence-corrected chi connectivity index (χ0v) is 14.7. The maximum absolute atomic E-state index is 13.2. The number of esters is 1. The molecule has 0 aromatic heterocycles. The van der Waals surface area contributed by atoms with Gasteiger partial charge in [0.1, 0.15) is 5.82 Å². The predicted molar refractivity (Wildman–Crippen MR) is 95.4 cm³/mol. The Morgan fingerprint density at radius 3 is 2.81 bits per heavy atom. The summed E-state index contributed by atoms with van der Waals surface area (Å²) in [5.41, 5.74) is 1.39. The van der Waals surface area contributed by atoms with Gasteiger partial charge in [0.05, 0.1) is 0 Å². The summed E-state index contributed by atoms with van der Waals surface area (Å²) >= 11 is 0. The number of hydrogen-bond acceptors (Lipinski definition) is 5. The van der Waals surface area contributed by atoms with E-state index in [0.29, 0.717) is 17.1 Å². The van der Waals surface area contributed by atoms with Gasteiger partial charge in [-0.25, -0.2) is 9.18 Å². The lowest BCUT2D eigenvalue weighted by Crippen LogP contribution is -2.30. The number of halogens is 1. The molecule has 0 saturated carbocycles. The summed E-state index contributed by atoms with van der Waals surface area (Å²) in [6.07, 6.45) is 2.79. The number of fused-ring (bicyclic) bond motifs is 1. The van der Waals surface area contributed by atoms with Gasteiger partial charge in [0.25, 0.3) is 5.91 Å². The standard InChI is InChI=1S/C20H18FNO5/c1-22(11-15-3-2-4-16(21)9-15)19(23)12-25-20(24)8-6-14-5-7-17-18(10-14)27-13-26-17/h2-10H,11-13H2,1H3/b8-6+. The Hall–Kier alpha value is -3.35. The smallest absolute Gasteiger partial charge is 0.331 e. The average molecular weight is 371 g/mol. The van der Waals surface area contributed by atoms with Crippen LogP contribution in [-0.4, -0.2) is 37.2 Å². The van der Waals surface area contributed by atoms with Crippen molar-refractivity contribution in [3.63, 3.8) is 0 Å². The highest BCUT2D eigenvalue weighted by Gasteiger charge is 2.13. The van der Waals surface area contributed by atoms with Gasteiger partial charge in [-0.05, 0) is 41.5 Å². The van der Waals surface area contributed by atoms with Crippen molar-refractivity contribution in [2.45, 2.75) is 6.54 Å². The van der Waals surface area contributed by atoms with E-state index in [1.165, 1.54) is 23.1 Å². The van der Waals surface area contributed by atoms with Crippen LogP contribution in [0.15, 0.2) is 48.5 Å². The van der Waals surface area contributed by atoms with Gasteiger partial charge < -0.3 is 19.1 Å². The normalized spacial score (nSPS) is 12.2. The molecule has 0 spiro atoms. The molecule has 6 nitrogen and oxygen atoms in total. The first-order valence-corrected chi connectivity index (χ1v) is 8.24. The van der Waals surface area contributed by atoms with Crippen molar-refractivity contribution in [2.75, 3.05) is 20.4 Å². The summed E-state index contributed by atoms with van der Waals surface area (Å²) in [4.78, 5) is 25.2. The highest BCUT2D eigenvalue weighted by molar-refractivity contribution is 5.89. The van der Waals surface area contributed by atoms with Crippen molar-refractivity contribution in [3.05, 3.63) is 65.5 Å². The topological polar surface area (TPSA) is 65.1 Å². The van der Waals surface area contributed by atoms with Gasteiger partial charge in [0.2, 0.25) is 6.79 Å². The number of hydrogen-bond donors (Lipinski definition) is 0. The first kappa shape index (κ1) is 18.4. The number of carbonyl (C=O) groups excluding carboxylic acids is 2. The lowest BCUT2D eigenvalue weighted by Gasteiger charge is -2.17. The molecule has 2 aromatic rings. The van der Waals surface area contributed by atoms with Crippen molar-refractivity contribution in [1.29, 1.82) is 0 Å². The second kappa shape index (κ2) is 8.35. The molecular weight excluding hydrogens is 353 g/mol. The lowest BCUT2D eigenvalue weighted by atomic mass is 10.2. The average Bonchev–Trinajstić information content (AvgIpc) is 3.12. The van der Waals surface area contributed by atoms with Crippen molar-refractivity contribution in [3.8, 4) is 11.5 Å². The molecule has 3 rings (SSSR count). The fraction of sp³-hybridized carbons (Fsp3) is 0.200. The summed E-state index contributed by atoms with van der Waals surface area (Å²) in [5.74, 6) is -0.126. The Morgan fingerprint density at radius 1 is 1.19 bits per heavy atom. The van der Waals surface area contributed by atoms with E-state index in [-0.39, 0.29) is 25.1 Å². The van der Waals surface area contributed by atoms with Crippen LogP contribution in [-0.2, 0) is 20.9 Å². The van der Waals surface area contributed by atoms with Crippen LogP contribution in [0.5, 0.6) is 11.5 Å². The number of rotatable bonds is 6. The first-order valence-electron chi connectivity index (χ1n) is 8.24. The van der Waals surface area contributed by atoms with Gasteiger partial charge >= 0.3 is 5.97 Å². The molecular formula is C20H18FNO5. The van der Waals surface area contributed by atoms with Crippen LogP contribution in [0.1, 0.15) is 11.1 Å². The first-order chi connectivity index (χ1) is 13.0. The summed E-state index contributed by atoms with van der Waals surface area (Å²) in [6, 6.07) is 11.2. The number of amides is 1. The van der Waals surface area contributed by atoms with E-state index in [9.17, 15) is 14.0 Å². The second-order valence-corrected chi connectivity index (χ2v) is 5.93. The van der Waals surface area contributed by atoms with E-state index < -0.39 is 12.6 Å². The molecule has 140 valence electrons. The quantitative estimate of drug-likeness (QED) is 0.577. The molecule has 0 N–H and O–H groups in total. The van der Waals surface area contributed by atoms with Crippen LogP contribution in [0, 0.1) is 5.82 Å². The Bertz CT molecular complexity index is 880. The fourth-order valence-corrected chi connectivity index (χ4v) is 2.47. The predicted octanol–water partition coefficient (Wildman–Crippen LogP) is 2.77. The Labute approximate surface area is 155 Å². The van der Waals surface area contributed by atoms with E-state index in [1.54, 1.807) is 43.5 Å². The molecule has 0 aliphatic carbocycles. The van der Waals surface area contributed by atoms with Gasteiger partial charge in [0.15, 0.2) is 18.1 Å². The minimum absolute atomic E-state index is 0.176. The molecule has 0 unspecified atom stereocenters. The molecule has 2 aromatic carbocycles. The zero-order chi connectivity index (χ0) is 19.2. The number of likely N-dealkylation sites (N-methyl/N-ethyl adjacent to an activating group) is 1. The Kier molecular flexibility index (Phi) is 5.71. The molecule has 27 heavy (non-hydrogen) atoms. The van der Waals surface area contributed by atoms with Crippen LogP contribution in [0.2, 0.25) is 0 Å². The molecule has 1 heterocycles. The number of nitrogens with zero attached hydrogens (tertiary/aromatic N) is 1. The van der Waals surface area contributed by atoms with Crippen molar-refractivity contribution < 1.29 is 28.2 Å². The minimum atomic E-state index is -0.639. The summed E-state index contributed by atoms with van der Waals surface area (Å²) < 4.78 is 28.6. The Morgan fingerprint density at radius 2 is 2.00 bits per heavy atom. The molecule has 0 saturated heterocycles. The molecule has 1 amide bonds.